The van der Waals surface area contributed by atoms with E-state index >= 15 is 0 Å². The zero-order valence-corrected chi connectivity index (χ0v) is 12.3. The molecule has 3 rings (SSSR count). The molecule has 0 fully saturated rings. The highest BCUT2D eigenvalue weighted by molar-refractivity contribution is 6.09. The second-order valence-corrected chi connectivity index (χ2v) is 5.03. The number of fused-ring (bicyclic) bond motifs is 1. The predicted molar refractivity (Wildman–Crippen MR) is 85.7 cm³/mol. The van der Waals surface area contributed by atoms with Crippen LogP contribution in [0.25, 0.3) is 21.9 Å². The van der Waals surface area contributed by atoms with Crippen molar-refractivity contribution in [3.05, 3.63) is 54.1 Å². The normalized spacial score (nSPS) is 10.7. The Morgan fingerprint density at radius 2 is 1.43 bits per heavy atom. The number of phenolic OH excluding ortho intramolecular Hbond substituents is 3. The Kier molecular flexibility index (Phi) is 3.54. The number of aromatic hydroxyl groups is 3. The topological polar surface area (TPSA) is 87.0 Å². The maximum absolute atomic E-state index is 12.1. The van der Waals surface area contributed by atoms with Gasteiger partial charge in [0.05, 0.1) is 7.11 Å². The number of phenols is 3. The molecule has 0 spiro atoms. The lowest BCUT2D eigenvalue weighted by atomic mass is 9.92. The third-order valence-electron chi connectivity index (χ3n) is 3.71. The molecule has 0 saturated carbocycles. The first-order chi connectivity index (χ1) is 11.0. The smallest absolute Gasteiger partial charge is 0.342 e. The Labute approximate surface area is 132 Å². The Hall–Kier alpha value is -3.21. The SMILES string of the molecule is COC(=O)c1c(O)ccc(O)c1-c1c(O)ccc2ccccc12. The van der Waals surface area contributed by atoms with Crippen molar-refractivity contribution in [1.82, 2.24) is 0 Å². The number of hydrogen-bond acceptors (Lipinski definition) is 5. The Morgan fingerprint density at radius 3 is 2.17 bits per heavy atom. The molecule has 0 aliphatic carbocycles. The standard InChI is InChI=1S/C18H14O5/c1-23-18(22)17-14(21)9-8-13(20)16(17)15-11-5-3-2-4-10(11)6-7-12(15)19/h2-9,19-21H,1H3. The van der Waals surface area contributed by atoms with E-state index in [0.717, 1.165) is 5.39 Å². The molecule has 0 aliphatic heterocycles. The van der Waals surface area contributed by atoms with Crippen LogP contribution in [0.5, 0.6) is 17.2 Å². The van der Waals surface area contributed by atoms with Gasteiger partial charge in [0.25, 0.3) is 0 Å². The summed E-state index contributed by atoms with van der Waals surface area (Å²) < 4.78 is 4.69. The van der Waals surface area contributed by atoms with Crippen LogP contribution in [-0.2, 0) is 4.74 Å². The highest BCUT2D eigenvalue weighted by atomic mass is 16.5. The number of carbonyl (C=O) groups is 1. The number of carbonyl (C=O) groups excluding carboxylic acids is 1. The molecule has 0 atom stereocenters. The second-order valence-electron chi connectivity index (χ2n) is 5.03. The fraction of sp³-hybridized carbons (Fsp3) is 0.0556. The Bertz CT molecular complexity index is 915. The molecule has 3 N–H and O–H groups in total. The van der Waals surface area contributed by atoms with Crippen molar-refractivity contribution in [2.24, 2.45) is 0 Å². The van der Waals surface area contributed by atoms with Gasteiger partial charge in [-0.3, -0.25) is 0 Å². The fourth-order valence-electron chi connectivity index (χ4n) is 2.67. The van der Waals surface area contributed by atoms with Gasteiger partial charge in [0.2, 0.25) is 0 Å². The van der Waals surface area contributed by atoms with Crippen molar-refractivity contribution >= 4 is 16.7 Å². The molecule has 0 saturated heterocycles. The zero-order valence-electron chi connectivity index (χ0n) is 12.3. The molecule has 5 heteroatoms. The summed E-state index contributed by atoms with van der Waals surface area (Å²) in [5.41, 5.74) is 0.0993. The van der Waals surface area contributed by atoms with E-state index in [1.54, 1.807) is 18.2 Å². The molecule has 0 radical (unpaired) electrons. The fourth-order valence-corrected chi connectivity index (χ4v) is 2.67. The van der Waals surface area contributed by atoms with Gasteiger partial charge in [-0.2, -0.15) is 0 Å². The number of benzene rings is 3. The van der Waals surface area contributed by atoms with Crippen molar-refractivity contribution in [3.8, 4) is 28.4 Å². The van der Waals surface area contributed by atoms with Crippen LogP contribution in [0, 0.1) is 0 Å². The van der Waals surface area contributed by atoms with Crippen LogP contribution in [0.15, 0.2) is 48.5 Å². The lowest BCUT2D eigenvalue weighted by Gasteiger charge is -2.15. The molecule has 0 unspecified atom stereocenters. The van der Waals surface area contributed by atoms with Crippen LogP contribution < -0.4 is 0 Å². The van der Waals surface area contributed by atoms with Crippen LogP contribution in [0.3, 0.4) is 0 Å². The molecule has 3 aromatic carbocycles. The van der Waals surface area contributed by atoms with Crippen molar-refractivity contribution in [1.29, 1.82) is 0 Å². The monoisotopic (exact) mass is 310 g/mol. The third kappa shape index (κ3) is 2.32. The van der Waals surface area contributed by atoms with Gasteiger partial charge in [-0.25, -0.2) is 4.79 Å². The van der Waals surface area contributed by atoms with Gasteiger partial charge in [-0.1, -0.05) is 30.3 Å². The largest absolute Gasteiger partial charge is 0.507 e. The average Bonchev–Trinajstić information content (AvgIpc) is 2.56. The van der Waals surface area contributed by atoms with E-state index in [1.807, 2.05) is 12.1 Å². The number of hydrogen-bond donors (Lipinski definition) is 3. The van der Waals surface area contributed by atoms with E-state index in [1.165, 1.54) is 25.3 Å². The van der Waals surface area contributed by atoms with E-state index in [2.05, 4.69) is 0 Å². The molecule has 23 heavy (non-hydrogen) atoms. The molecule has 0 amide bonds. The van der Waals surface area contributed by atoms with Gasteiger partial charge in [-0.05, 0) is 29.0 Å². The first-order valence-electron chi connectivity index (χ1n) is 6.89. The zero-order chi connectivity index (χ0) is 16.6. The van der Waals surface area contributed by atoms with Crippen molar-refractivity contribution in [3.63, 3.8) is 0 Å². The summed E-state index contributed by atoms with van der Waals surface area (Å²) in [6.07, 6.45) is 0. The summed E-state index contributed by atoms with van der Waals surface area (Å²) in [6.45, 7) is 0. The quantitative estimate of drug-likeness (QED) is 0.499. The molecular weight excluding hydrogens is 296 g/mol. The maximum atomic E-state index is 12.1. The highest BCUT2D eigenvalue weighted by Gasteiger charge is 2.25. The molecule has 3 aromatic rings. The maximum Gasteiger partial charge on any atom is 0.342 e. The summed E-state index contributed by atoms with van der Waals surface area (Å²) in [5.74, 6) is -1.50. The predicted octanol–water partition coefficient (Wildman–Crippen LogP) is 3.41. The molecule has 0 aromatic heterocycles. The Balaban J connectivity index is 2.47. The summed E-state index contributed by atoms with van der Waals surface area (Å²) in [7, 11) is 1.18. The van der Waals surface area contributed by atoms with Gasteiger partial charge >= 0.3 is 5.97 Å². The minimum atomic E-state index is -0.805. The number of ether oxygens (including phenoxy) is 1. The molecule has 116 valence electrons. The van der Waals surface area contributed by atoms with Gasteiger partial charge in [0, 0.05) is 11.1 Å². The summed E-state index contributed by atoms with van der Waals surface area (Å²) in [5, 5.41) is 32.1. The highest BCUT2D eigenvalue weighted by Crippen LogP contribution is 2.45. The first-order valence-corrected chi connectivity index (χ1v) is 6.89. The lowest BCUT2D eigenvalue weighted by Crippen LogP contribution is -2.04. The summed E-state index contributed by atoms with van der Waals surface area (Å²) in [4.78, 5) is 12.1. The number of rotatable bonds is 2. The molecular formula is C18H14O5. The van der Waals surface area contributed by atoms with Crippen molar-refractivity contribution < 1.29 is 24.9 Å². The van der Waals surface area contributed by atoms with E-state index in [9.17, 15) is 20.1 Å². The minimum absolute atomic E-state index is 0.0335. The lowest BCUT2D eigenvalue weighted by molar-refractivity contribution is 0.0598. The average molecular weight is 310 g/mol. The van der Waals surface area contributed by atoms with Crippen LogP contribution in [0.1, 0.15) is 10.4 Å². The number of esters is 1. The third-order valence-corrected chi connectivity index (χ3v) is 3.71. The van der Waals surface area contributed by atoms with Gasteiger partial charge in [0.15, 0.2) is 0 Å². The van der Waals surface area contributed by atoms with Crippen molar-refractivity contribution in [2.45, 2.75) is 0 Å². The Morgan fingerprint density at radius 1 is 0.826 bits per heavy atom. The van der Waals surface area contributed by atoms with Gasteiger partial charge in [-0.15, -0.1) is 0 Å². The van der Waals surface area contributed by atoms with E-state index < -0.39 is 5.97 Å². The van der Waals surface area contributed by atoms with Crippen LogP contribution in [0.4, 0.5) is 0 Å². The molecule has 5 nitrogen and oxygen atoms in total. The van der Waals surface area contributed by atoms with Crippen LogP contribution in [0.2, 0.25) is 0 Å². The molecule has 0 heterocycles. The second kappa shape index (κ2) is 5.53. The van der Waals surface area contributed by atoms with E-state index in [-0.39, 0.29) is 33.9 Å². The van der Waals surface area contributed by atoms with Crippen LogP contribution >= 0.6 is 0 Å². The van der Waals surface area contributed by atoms with Crippen molar-refractivity contribution in [2.75, 3.05) is 7.11 Å². The first kappa shape index (κ1) is 14.7. The van der Waals surface area contributed by atoms with Gasteiger partial charge in [0.1, 0.15) is 22.8 Å². The summed E-state index contributed by atoms with van der Waals surface area (Å²) >= 11 is 0. The number of methoxy groups -OCH3 is 1. The van der Waals surface area contributed by atoms with E-state index in [0.29, 0.717) is 5.39 Å². The molecule has 0 bridgehead atoms. The molecule has 0 aliphatic rings. The van der Waals surface area contributed by atoms with E-state index in [4.69, 9.17) is 4.74 Å². The minimum Gasteiger partial charge on any atom is -0.507 e. The van der Waals surface area contributed by atoms with Gasteiger partial charge < -0.3 is 20.1 Å². The van der Waals surface area contributed by atoms with Crippen LogP contribution in [-0.4, -0.2) is 28.4 Å². The summed E-state index contributed by atoms with van der Waals surface area (Å²) in [6, 6.07) is 12.9.